The smallest absolute Gasteiger partial charge is 0.252 e. The van der Waals surface area contributed by atoms with E-state index in [-0.39, 0.29) is 17.4 Å². The molecule has 1 aliphatic carbocycles. The summed E-state index contributed by atoms with van der Waals surface area (Å²) in [5.41, 5.74) is 0.939. The number of halogens is 2. The minimum Gasteiger partial charge on any atom is -0.349 e. The van der Waals surface area contributed by atoms with Crippen LogP contribution in [0.5, 0.6) is 0 Å². The highest BCUT2D eigenvalue weighted by Gasteiger charge is 2.35. The molecular formula is C14H17BrINO. The van der Waals surface area contributed by atoms with Crippen LogP contribution in [0.2, 0.25) is 0 Å². The van der Waals surface area contributed by atoms with Gasteiger partial charge in [0.2, 0.25) is 0 Å². The first-order valence-electron chi connectivity index (χ1n) is 6.16. The number of nitrogens with one attached hydrogen (secondary N) is 1. The van der Waals surface area contributed by atoms with E-state index in [1.165, 1.54) is 12.8 Å². The predicted molar refractivity (Wildman–Crippen MR) is 85.7 cm³/mol. The highest BCUT2D eigenvalue weighted by Crippen LogP contribution is 2.37. The molecule has 98 valence electrons. The van der Waals surface area contributed by atoms with Gasteiger partial charge in [0, 0.05) is 14.1 Å². The van der Waals surface area contributed by atoms with Crippen LogP contribution in [0.25, 0.3) is 0 Å². The van der Waals surface area contributed by atoms with Crippen molar-refractivity contribution in [2.24, 2.45) is 5.41 Å². The fourth-order valence-electron chi connectivity index (χ4n) is 2.50. The zero-order valence-electron chi connectivity index (χ0n) is 10.6. The maximum atomic E-state index is 12.3. The molecule has 0 radical (unpaired) electrons. The molecule has 1 saturated carbocycles. The van der Waals surface area contributed by atoms with Crippen molar-refractivity contribution in [3.8, 4) is 0 Å². The molecule has 0 aliphatic heterocycles. The average molecular weight is 422 g/mol. The molecule has 18 heavy (non-hydrogen) atoms. The molecule has 1 aliphatic rings. The Bertz CT molecular complexity index is 473. The third-order valence-electron chi connectivity index (χ3n) is 3.74. The zero-order chi connectivity index (χ0) is 13.3. The van der Waals surface area contributed by atoms with E-state index in [2.05, 4.69) is 57.7 Å². The summed E-state index contributed by atoms with van der Waals surface area (Å²) >= 11 is 5.67. The maximum Gasteiger partial charge on any atom is 0.252 e. The van der Waals surface area contributed by atoms with Crippen molar-refractivity contribution in [2.75, 3.05) is 0 Å². The minimum atomic E-state index is 0.0281. The fraction of sp³-hybridized carbons (Fsp3) is 0.500. The number of rotatable bonds is 2. The Balaban J connectivity index is 2.15. The first-order chi connectivity index (χ1) is 8.40. The summed E-state index contributed by atoms with van der Waals surface area (Å²) in [5, 5.41) is 3.18. The molecule has 1 N–H and O–H groups in total. The van der Waals surface area contributed by atoms with Gasteiger partial charge in [0.15, 0.2) is 0 Å². The van der Waals surface area contributed by atoms with Gasteiger partial charge in [-0.3, -0.25) is 4.79 Å². The summed E-state index contributed by atoms with van der Waals surface area (Å²) in [7, 11) is 0. The molecule has 0 aromatic heterocycles. The van der Waals surface area contributed by atoms with E-state index in [4.69, 9.17) is 0 Å². The Morgan fingerprint density at radius 1 is 1.50 bits per heavy atom. The molecule has 4 heteroatoms. The van der Waals surface area contributed by atoms with Gasteiger partial charge in [0.05, 0.1) is 5.56 Å². The monoisotopic (exact) mass is 421 g/mol. The van der Waals surface area contributed by atoms with E-state index >= 15 is 0 Å². The number of carbonyl (C=O) groups is 1. The summed E-state index contributed by atoms with van der Waals surface area (Å²) in [6, 6.07) is 6.12. The largest absolute Gasteiger partial charge is 0.349 e. The lowest BCUT2D eigenvalue weighted by Crippen LogP contribution is -2.41. The van der Waals surface area contributed by atoms with Gasteiger partial charge in [0.25, 0.3) is 5.91 Å². The summed E-state index contributed by atoms with van der Waals surface area (Å²) in [4.78, 5) is 12.3. The molecule has 0 bridgehead atoms. The van der Waals surface area contributed by atoms with Crippen LogP contribution in [-0.2, 0) is 0 Å². The fourth-order valence-corrected chi connectivity index (χ4v) is 3.42. The number of amides is 1. The first kappa shape index (κ1) is 14.3. The highest BCUT2D eigenvalue weighted by atomic mass is 127. The van der Waals surface area contributed by atoms with E-state index in [1.807, 2.05) is 18.2 Å². The highest BCUT2D eigenvalue weighted by molar-refractivity contribution is 14.1. The predicted octanol–water partition coefficient (Wildman–Crippen LogP) is 4.36. The van der Waals surface area contributed by atoms with Crippen LogP contribution >= 0.6 is 38.5 Å². The van der Waals surface area contributed by atoms with Crippen LogP contribution in [0, 0.1) is 8.99 Å². The Kier molecular flexibility index (Phi) is 4.36. The van der Waals surface area contributed by atoms with Crippen molar-refractivity contribution >= 4 is 44.4 Å². The second kappa shape index (κ2) is 5.49. The lowest BCUT2D eigenvalue weighted by Gasteiger charge is -2.28. The SMILES string of the molecule is CC1(C)CCCC1NC(=O)c1cc(I)ccc1Br. The lowest BCUT2D eigenvalue weighted by molar-refractivity contribution is 0.0909. The van der Waals surface area contributed by atoms with Crippen LogP contribution in [0.3, 0.4) is 0 Å². The van der Waals surface area contributed by atoms with Gasteiger partial charge < -0.3 is 5.32 Å². The van der Waals surface area contributed by atoms with Crippen LogP contribution in [0.4, 0.5) is 0 Å². The van der Waals surface area contributed by atoms with Gasteiger partial charge >= 0.3 is 0 Å². The molecule has 0 spiro atoms. The number of hydrogen-bond donors (Lipinski definition) is 1. The minimum absolute atomic E-state index is 0.0281. The normalized spacial score (nSPS) is 21.9. The van der Waals surface area contributed by atoms with Gasteiger partial charge in [0.1, 0.15) is 0 Å². The second-order valence-corrected chi connectivity index (χ2v) is 7.63. The molecule has 1 unspecified atom stereocenters. The van der Waals surface area contributed by atoms with Gasteiger partial charge in [-0.1, -0.05) is 20.3 Å². The van der Waals surface area contributed by atoms with Crippen molar-refractivity contribution in [3.63, 3.8) is 0 Å². The molecule has 0 saturated heterocycles. The van der Waals surface area contributed by atoms with Crippen LogP contribution in [-0.4, -0.2) is 11.9 Å². The van der Waals surface area contributed by atoms with Gasteiger partial charge in [-0.15, -0.1) is 0 Å². The maximum absolute atomic E-state index is 12.3. The molecule has 1 amide bonds. The Morgan fingerprint density at radius 3 is 2.83 bits per heavy atom. The first-order valence-corrected chi connectivity index (χ1v) is 8.03. The van der Waals surface area contributed by atoms with Gasteiger partial charge in [-0.05, 0) is 75.0 Å². The van der Waals surface area contributed by atoms with Gasteiger partial charge in [-0.25, -0.2) is 0 Å². The van der Waals surface area contributed by atoms with Crippen molar-refractivity contribution in [1.29, 1.82) is 0 Å². The zero-order valence-corrected chi connectivity index (χ0v) is 14.3. The lowest BCUT2D eigenvalue weighted by atomic mass is 9.87. The standard InChI is InChI=1S/C14H17BrINO/c1-14(2)7-3-4-12(14)17-13(18)10-8-9(16)5-6-11(10)15/h5-6,8,12H,3-4,7H2,1-2H3,(H,17,18). The van der Waals surface area contributed by atoms with Crippen LogP contribution < -0.4 is 5.32 Å². The van der Waals surface area contributed by atoms with E-state index in [1.54, 1.807) is 0 Å². The molecular weight excluding hydrogens is 405 g/mol. The number of hydrogen-bond acceptors (Lipinski definition) is 1. The van der Waals surface area contributed by atoms with Crippen molar-refractivity contribution in [2.45, 2.75) is 39.2 Å². The van der Waals surface area contributed by atoms with Crippen LogP contribution in [0.1, 0.15) is 43.5 Å². The van der Waals surface area contributed by atoms with Crippen molar-refractivity contribution in [1.82, 2.24) is 5.32 Å². The topological polar surface area (TPSA) is 29.1 Å². The summed E-state index contributed by atoms with van der Waals surface area (Å²) in [5.74, 6) is 0.0281. The van der Waals surface area contributed by atoms with E-state index in [9.17, 15) is 4.79 Å². The van der Waals surface area contributed by atoms with E-state index in [0.29, 0.717) is 0 Å². The number of benzene rings is 1. The van der Waals surface area contributed by atoms with Gasteiger partial charge in [-0.2, -0.15) is 0 Å². The third-order valence-corrected chi connectivity index (χ3v) is 5.10. The van der Waals surface area contributed by atoms with Crippen LogP contribution in [0.15, 0.2) is 22.7 Å². The van der Waals surface area contributed by atoms with E-state index < -0.39 is 0 Å². The summed E-state index contributed by atoms with van der Waals surface area (Å²) in [6.07, 6.45) is 3.47. The summed E-state index contributed by atoms with van der Waals surface area (Å²) in [6.45, 7) is 4.46. The molecule has 0 heterocycles. The number of carbonyl (C=O) groups excluding carboxylic acids is 1. The Morgan fingerprint density at radius 2 is 2.22 bits per heavy atom. The quantitative estimate of drug-likeness (QED) is 0.706. The molecule has 2 rings (SSSR count). The molecule has 1 aromatic rings. The average Bonchev–Trinajstić information content (AvgIpc) is 2.62. The molecule has 1 aromatic carbocycles. The van der Waals surface area contributed by atoms with E-state index in [0.717, 1.165) is 20.0 Å². The molecule has 1 atom stereocenters. The third kappa shape index (κ3) is 3.07. The Hall–Kier alpha value is -0.100. The molecule has 2 nitrogen and oxygen atoms in total. The van der Waals surface area contributed by atoms with Crippen molar-refractivity contribution < 1.29 is 4.79 Å². The van der Waals surface area contributed by atoms with Crippen molar-refractivity contribution in [3.05, 3.63) is 31.8 Å². The Labute approximate surface area is 130 Å². The molecule has 1 fully saturated rings. The summed E-state index contributed by atoms with van der Waals surface area (Å²) < 4.78 is 1.93. The second-order valence-electron chi connectivity index (χ2n) is 5.53.